The topological polar surface area (TPSA) is 58.6 Å². The summed E-state index contributed by atoms with van der Waals surface area (Å²) in [6.07, 6.45) is 2.57. The molecule has 0 unspecified atom stereocenters. The molecular weight excluding hydrogens is 328 g/mol. The summed E-state index contributed by atoms with van der Waals surface area (Å²) < 4.78 is 5.45. The molecule has 0 aliphatic carbocycles. The molecule has 0 aromatic heterocycles. The minimum absolute atomic E-state index is 0.0449. The van der Waals surface area contributed by atoms with E-state index in [1.807, 2.05) is 39.0 Å². The fourth-order valence-electron chi connectivity index (χ4n) is 3.58. The van der Waals surface area contributed by atoms with Crippen LogP contribution >= 0.6 is 0 Å². The molecule has 0 bridgehead atoms. The molecule has 0 saturated carbocycles. The Morgan fingerprint density at radius 2 is 1.96 bits per heavy atom. The number of nitrogens with one attached hydrogen (secondary N) is 1. The molecule has 2 aliphatic heterocycles. The highest BCUT2D eigenvalue weighted by Crippen LogP contribution is 2.38. The quantitative estimate of drug-likeness (QED) is 0.828. The molecule has 0 radical (unpaired) electrons. The molecule has 26 heavy (non-hydrogen) atoms. The van der Waals surface area contributed by atoms with E-state index in [9.17, 15) is 9.59 Å². The van der Waals surface area contributed by atoms with Crippen molar-refractivity contribution >= 4 is 34.0 Å². The molecule has 4 rings (SSSR count). The first-order valence-electron chi connectivity index (χ1n) is 8.88. The van der Waals surface area contributed by atoms with Gasteiger partial charge in [-0.05, 0) is 55.8 Å². The van der Waals surface area contributed by atoms with E-state index in [-0.39, 0.29) is 12.0 Å². The average molecular weight is 350 g/mol. The van der Waals surface area contributed by atoms with Crippen LogP contribution in [0, 0.1) is 0 Å². The molecular formula is C21H22N2O3. The molecule has 2 heterocycles. The third-order valence-corrected chi connectivity index (χ3v) is 4.74. The van der Waals surface area contributed by atoms with Gasteiger partial charge in [0.25, 0.3) is 5.91 Å². The van der Waals surface area contributed by atoms with Crippen molar-refractivity contribution in [1.29, 1.82) is 0 Å². The van der Waals surface area contributed by atoms with Crippen LogP contribution in [0.5, 0.6) is 0 Å². The van der Waals surface area contributed by atoms with Crippen LogP contribution in [0.1, 0.15) is 43.1 Å². The maximum atomic E-state index is 12.2. The summed E-state index contributed by atoms with van der Waals surface area (Å²) in [5.41, 5.74) is 3.44. The van der Waals surface area contributed by atoms with E-state index >= 15 is 0 Å². The monoisotopic (exact) mass is 350 g/mol. The van der Waals surface area contributed by atoms with Gasteiger partial charge in [0, 0.05) is 29.7 Å². The molecule has 2 amide bonds. The van der Waals surface area contributed by atoms with Gasteiger partial charge in [0.05, 0.1) is 0 Å². The van der Waals surface area contributed by atoms with Crippen molar-refractivity contribution in [2.45, 2.75) is 32.8 Å². The normalized spacial score (nSPS) is 16.5. The number of ether oxygens (including phenoxy) is 1. The van der Waals surface area contributed by atoms with E-state index in [1.165, 1.54) is 5.57 Å². The van der Waals surface area contributed by atoms with Gasteiger partial charge in [-0.3, -0.25) is 4.79 Å². The Balaban J connectivity index is 1.63. The minimum atomic E-state index is -0.488. The van der Waals surface area contributed by atoms with Crippen molar-refractivity contribution in [2.75, 3.05) is 18.4 Å². The van der Waals surface area contributed by atoms with Crippen molar-refractivity contribution in [3.8, 4) is 0 Å². The van der Waals surface area contributed by atoms with E-state index in [2.05, 4.69) is 23.5 Å². The first-order chi connectivity index (χ1) is 12.3. The third kappa shape index (κ3) is 2.83. The van der Waals surface area contributed by atoms with Crippen molar-refractivity contribution in [2.24, 2.45) is 0 Å². The van der Waals surface area contributed by atoms with Gasteiger partial charge in [0.2, 0.25) is 0 Å². The van der Waals surface area contributed by atoms with Crippen LogP contribution in [0.25, 0.3) is 16.3 Å². The van der Waals surface area contributed by atoms with E-state index in [0.717, 1.165) is 34.0 Å². The lowest BCUT2D eigenvalue weighted by Crippen LogP contribution is -2.39. The van der Waals surface area contributed by atoms with Crippen LogP contribution in [0.2, 0.25) is 0 Å². The molecule has 1 N–H and O–H groups in total. The highest BCUT2D eigenvalue weighted by molar-refractivity contribution is 6.25. The second kappa shape index (κ2) is 5.87. The smallest absolute Gasteiger partial charge is 0.410 e. The lowest BCUT2D eigenvalue weighted by atomic mass is 9.92. The first kappa shape index (κ1) is 16.6. The summed E-state index contributed by atoms with van der Waals surface area (Å²) in [4.78, 5) is 26.0. The predicted octanol–water partition coefficient (Wildman–Crippen LogP) is 4.43. The predicted molar refractivity (Wildman–Crippen MR) is 102 cm³/mol. The number of rotatable bonds is 1. The van der Waals surface area contributed by atoms with Gasteiger partial charge in [-0.1, -0.05) is 24.3 Å². The molecule has 0 fully saturated rings. The maximum absolute atomic E-state index is 12.2. The molecule has 0 saturated heterocycles. The van der Waals surface area contributed by atoms with Crippen LogP contribution in [0.4, 0.5) is 10.5 Å². The van der Waals surface area contributed by atoms with Crippen LogP contribution in [-0.4, -0.2) is 35.6 Å². The zero-order chi connectivity index (χ0) is 18.5. The summed E-state index contributed by atoms with van der Waals surface area (Å²) in [6.45, 7) is 6.78. The van der Waals surface area contributed by atoms with Crippen molar-refractivity contribution in [3.05, 3.63) is 47.5 Å². The molecule has 0 spiro atoms. The largest absolute Gasteiger partial charge is 0.444 e. The van der Waals surface area contributed by atoms with Crippen molar-refractivity contribution < 1.29 is 14.3 Å². The van der Waals surface area contributed by atoms with Gasteiger partial charge in [0.15, 0.2) is 0 Å². The number of carbonyl (C=O) groups excluding carboxylic acids is 2. The van der Waals surface area contributed by atoms with Crippen LogP contribution in [0.15, 0.2) is 36.4 Å². The zero-order valence-electron chi connectivity index (χ0n) is 15.3. The first-order valence-corrected chi connectivity index (χ1v) is 8.88. The summed E-state index contributed by atoms with van der Waals surface area (Å²) in [7, 11) is 0. The van der Waals surface area contributed by atoms with Crippen molar-refractivity contribution in [1.82, 2.24) is 4.90 Å². The standard InChI is InChI=1S/C21H22N2O3/c1-21(2,3)26-20(25)23-11-9-13(10-12-23)14-7-8-17-18-15(14)5-4-6-16(18)19(24)22-17/h4-9H,10-12H2,1-3H3,(H,22,24). The van der Waals surface area contributed by atoms with E-state index in [4.69, 9.17) is 4.74 Å². The highest BCUT2D eigenvalue weighted by Gasteiger charge is 2.26. The average Bonchev–Trinajstić information content (AvgIpc) is 2.92. The Morgan fingerprint density at radius 3 is 2.65 bits per heavy atom. The maximum Gasteiger partial charge on any atom is 0.410 e. The Bertz CT molecular complexity index is 954. The van der Waals surface area contributed by atoms with Gasteiger partial charge in [0.1, 0.15) is 5.60 Å². The lowest BCUT2D eigenvalue weighted by Gasteiger charge is -2.30. The Labute approximate surface area is 152 Å². The molecule has 134 valence electrons. The van der Waals surface area contributed by atoms with Crippen LogP contribution in [-0.2, 0) is 4.74 Å². The summed E-state index contributed by atoms with van der Waals surface area (Å²) >= 11 is 0. The Morgan fingerprint density at radius 1 is 1.15 bits per heavy atom. The number of nitrogens with zero attached hydrogens (tertiary/aromatic N) is 1. The van der Waals surface area contributed by atoms with E-state index in [1.54, 1.807) is 4.90 Å². The number of hydrogen-bond acceptors (Lipinski definition) is 3. The van der Waals surface area contributed by atoms with Gasteiger partial charge in [-0.2, -0.15) is 0 Å². The van der Waals surface area contributed by atoms with Crippen molar-refractivity contribution in [3.63, 3.8) is 0 Å². The number of benzene rings is 2. The fraction of sp³-hybridized carbons (Fsp3) is 0.333. The number of anilines is 1. The molecule has 2 aromatic carbocycles. The van der Waals surface area contributed by atoms with Crippen LogP contribution in [0.3, 0.4) is 0 Å². The molecule has 5 nitrogen and oxygen atoms in total. The van der Waals surface area contributed by atoms with Gasteiger partial charge < -0.3 is 15.0 Å². The van der Waals surface area contributed by atoms with Gasteiger partial charge in [-0.25, -0.2) is 4.79 Å². The molecule has 5 heteroatoms. The number of carbonyl (C=O) groups is 2. The highest BCUT2D eigenvalue weighted by atomic mass is 16.6. The summed E-state index contributed by atoms with van der Waals surface area (Å²) in [6, 6.07) is 9.86. The fourth-order valence-corrected chi connectivity index (χ4v) is 3.58. The number of amides is 2. The third-order valence-electron chi connectivity index (χ3n) is 4.74. The lowest BCUT2D eigenvalue weighted by molar-refractivity contribution is 0.0270. The second-order valence-corrected chi connectivity index (χ2v) is 7.75. The van der Waals surface area contributed by atoms with Gasteiger partial charge >= 0.3 is 6.09 Å². The van der Waals surface area contributed by atoms with E-state index in [0.29, 0.717) is 13.1 Å². The minimum Gasteiger partial charge on any atom is -0.444 e. The summed E-state index contributed by atoms with van der Waals surface area (Å²) in [5.74, 6) is -0.0449. The van der Waals surface area contributed by atoms with E-state index < -0.39 is 5.60 Å². The Hall–Kier alpha value is -2.82. The summed E-state index contributed by atoms with van der Waals surface area (Å²) in [5, 5.41) is 4.99. The number of hydrogen-bond donors (Lipinski definition) is 1. The second-order valence-electron chi connectivity index (χ2n) is 7.75. The molecule has 2 aromatic rings. The SMILES string of the molecule is CC(C)(C)OC(=O)N1CC=C(c2ccc3c4c(cccc24)C(=O)N3)CC1. The Kier molecular flexibility index (Phi) is 3.75. The van der Waals surface area contributed by atoms with Gasteiger partial charge in [-0.15, -0.1) is 0 Å². The molecule has 0 atom stereocenters. The molecule has 2 aliphatic rings. The van der Waals surface area contributed by atoms with Crippen LogP contribution < -0.4 is 5.32 Å². The zero-order valence-corrected chi connectivity index (χ0v) is 15.3.